The molecule has 1 aliphatic rings. The number of ether oxygens (including phenoxy) is 1. The zero-order valence-corrected chi connectivity index (χ0v) is 12.9. The third kappa shape index (κ3) is 2.60. The van der Waals surface area contributed by atoms with Crippen LogP contribution in [0.5, 0.6) is 5.75 Å². The first-order chi connectivity index (χ1) is 10.5. The van der Waals surface area contributed by atoms with Gasteiger partial charge < -0.3 is 19.4 Å². The van der Waals surface area contributed by atoms with Crippen LogP contribution in [0.3, 0.4) is 0 Å². The first-order valence-corrected chi connectivity index (χ1v) is 7.48. The summed E-state index contributed by atoms with van der Waals surface area (Å²) in [6.07, 6.45) is 3.37. The van der Waals surface area contributed by atoms with Gasteiger partial charge in [-0.3, -0.25) is 0 Å². The van der Waals surface area contributed by atoms with Crippen LogP contribution in [-0.2, 0) is 4.74 Å². The molecule has 0 radical (unpaired) electrons. The lowest BCUT2D eigenvalue weighted by Crippen LogP contribution is -2.22. The minimum atomic E-state index is -2.26. The maximum Gasteiger partial charge on any atom is 0.707 e. The molecular weight excluding hydrogens is 365 g/mol. The minimum Gasteiger partial charge on any atom is -0.509 e. The molecule has 0 aliphatic carbocycles. The topological polar surface area (TPSA) is 76.7 Å². The molecular formula is C12H12BBrF2N2O4. The van der Waals surface area contributed by atoms with Crippen LogP contribution < -0.4 is 4.65 Å². The van der Waals surface area contributed by atoms with Gasteiger partial charge >= 0.3 is 7.32 Å². The summed E-state index contributed by atoms with van der Waals surface area (Å²) in [5.41, 5.74) is -0.0592. The number of hydrogen-bond donors (Lipinski definition) is 2. The normalized spacial score (nSPS) is 18.7. The van der Waals surface area contributed by atoms with Crippen molar-refractivity contribution in [2.75, 3.05) is 6.61 Å². The first kappa shape index (κ1) is 15.7. The molecule has 10 heteroatoms. The molecule has 3 rings (SSSR count). The van der Waals surface area contributed by atoms with Crippen LogP contribution in [0, 0.1) is 11.6 Å². The molecule has 1 unspecified atom stereocenters. The Morgan fingerprint density at radius 2 is 2.14 bits per heavy atom. The maximum atomic E-state index is 14.4. The van der Waals surface area contributed by atoms with E-state index in [-0.39, 0.29) is 15.4 Å². The maximum absolute atomic E-state index is 14.4. The Labute approximate surface area is 132 Å². The van der Waals surface area contributed by atoms with Gasteiger partial charge in [-0.2, -0.15) is 9.49 Å². The number of benzene rings is 1. The van der Waals surface area contributed by atoms with E-state index >= 15 is 0 Å². The number of rotatable bonds is 3. The lowest BCUT2D eigenvalue weighted by Gasteiger charge is -2.23. The van der Waals surface area contributed by atoms with Crippen LogP contribution in [0.2, 0.25) is 0 Å². The SMILES string of the molecule is OB(O)Oc1c(F)c(F)c2c(cnn2C2CCCCO2)c1Br. The van der Waals surface area contributed by atoms with Gasteiger partial charge in [0.15, 0.2) is 17.8 Å². The van der Waals surface area contributed by atoms with E-state index in [0.717, 1.165) is 12.8 Å². The summed E-state index contributed by atoms with van der Waals surface area (Å²) in [5.74, 6) is -3.13. The molecule has 0 spiro atoms. The molecule has 2 heterocycles. The van der Waals surface area contributed by atoms with Gasteiger partial charge in [-0.1, -0.05) is 0 Å². The summed E-state index contributed by atoms with van der Waals surface area (Å²) in [4.78, 5) is 0. The molecule has 6 nitrogen and oxygen atoms in total. The second-order valence-corrected chi connectivity index (χ2v) is 5.68. The highest BCUT2D eigenvalue weighted by atomic mass is 79.9. The van der Waals surface area contributed by atoms with Gasteiger partial charge in [0.05, 0.1) is 10.7 Å². The largest absolute Gasteiger partial charge is 0.707 e. The second kappa shape index (κ2) is 6.11. The Kier molecular flexibility index (Phi) is 4.35. The van der Waals surface area contributed by atoms with Gasteiger partial charge in [0.2, 0.25) is 5.82 Å². The third-order valence-electron chi connectivity index (χ3n) is 3.48. The predicted molar refractivity (Wildman–Crippen MR) is 77.0 cm³/mol. The van der Waals surface area contributed by atoms with Crippen molar-refractivity contribution in [3.05, 3.63) is 22.3 Å². The molecule has 22 heavy (non-hydrogen) atoms. The van der Waals surface area contributed by atoms with Crippen LogP contribution in [0.1, 0.15) is 25.5 Å². The molecule has 2 aromatic rings. The highest BCUT2D eigenvalue weighted by Crippen LogP contribution is 2.39. The Balaban J connectivity index is 2.15. The van der Waals surface area contributed by atoms with Gasteiger partial charge in [-0.05, 0) is 35.2 Å². The summed E-state index contributed by atoms with van der Waals surface area (Å²) in [7, 11) is -2.26. The number of halogens is 3. The molecule has 1 atom stereocenters. The molecule has 1 aromatic carbocycles. The molecule has 1 fully saturated rings. The molecule has 2 N–H and O–H groups in total. The fourth-order valence-corrected chi connectivity index (χ4v) is 3.07. The van der Waals surface area contributed by atoms with Gasteiger partial charge in [-0.25, -0.2) is 9.07 Å². The van der Waals surface area contributed by atoms with E-state index in [2.05, 4.69) is 25.7 Å². The highest BCUT2D eigenvalue weighted by Gasteiger charge is 2.28. The highest BCUT2D eigenvalue weighted by molar-refractivity contribution is 9.10. The van der Waals surface area contributed by atoms with Crippen molar-refractivity contribution in [1.29, 1.82) is 0 Å². The Morgan fingerprint density at radius 3 is 2.77 bits per heavy atom. The lowest BCUT2D eigenvalue weighted by atomic mass is 10.1. The third-order valence-corrected chi connectivity index (χ3v) is 4.27. The second-order valence-electron chi connectivity index (χ2n) is 4.89. The van der Waals surface area contributed by atoms with Gasteiger partial charge in [-0.15, -0.1) is 0 Å². The van der Waals surface area contributed by atoms with Crippen molar-refractivity contribution in [3.8, 4) is 5.75 Å². The summed E-state index contributed by atoms with van der Waals surface area (Å²) in [5, 5.41) is 21.9. The van der Waals surface area contributed by atoms with Crippen LogP contribution in [0.4, 0.5) is 8.78 Å². The van der Waals surface area contributed by atoms with E-state index in [9.17, 15) is 8.78 Å². The first-order valence-electron chi connectivity index (χ1n) is 6.68. The van der Waals surface area contributed by atoms with E-state index in [1.807, 2.05) is 0 Å². The van der Waals surface area contributed by atoms with E-state index in [1.54, 1.807) is 0 Å². The molecule has 0 amide bonds. The summed E-state index contributed by atoms with van der Waals surface area (Å²) >= 11 is 3.08. The number of nitrogens with zero attached hydrogens (tertiary/aromatic N) is 2. The quantitative estimate of drug-likeness (QED) is 0.633. The van der Waals surface area contributed by atoms with Crippen molar-refractivity contribution >= 4 is 34.2 Å². The summed E-state index contributed by atoms with van der Waals surface area (Å²) in [6, 6.07) is 0. The van der Waals surface area contributed by atoms with Crippen LogP contribution in [0.25, 0.3) is 10.9 Å². The van der Waals surface area contributed by atoms with Gasteiger partial charge in [0.25, 0.3) is 0 Å². The van der Waals surface area contributed by atoms with E-state index in [0.29, 0.717) is 13.0 Å². The molecule has 1 aliphatic heterocycles. The van der Waals surface area contributed by atoms with Crippen LogP contribution >= 0.6 is 15.9 Å². The van der Waals surface area contributed by atoms with E-state index < -0.39 is 30.9 Å². The number of fused-ring (bicyclic) bond motifs is 1. The minimum absolute atomic E-state index is 0.0524. The average molecular weight is 377 g/mol. The van der Waals surface area contributed by atoms with Crippen molar-refractivity contribution < 1.29 is 28.2 Å². The number of aromatic nitrogens is 2. The van der Waals surface area contributed by atoms with Crippen molar-refractivity contribution in [2.24, 2.45) is 0 Å². The smallest absolute Gasteiger partial charge is 0.509 e. The monoisotopic (exact) mass is 376 g/mol. The number of hydrogen-bond acceptors (Lipinski definition) is 5. The molecule has 1 saturated heterocycles. The van der Waals surface area contributed by atoms with Gasteiger partial charge in [0, 0.05) is 12.0 Å². The van der Waals surface area contributed by atoms with Crippen molar-refractivity contribution in [3.63, 3.8) is 0 Å². The van der Waals surface area contributed by atoms with E-state index in [4.69, 9.17) is 14.8 Å². The molecule has 0 saturated carbocycles. The zero-order valence-electron chi connectivity index (χ0n) is 11.3. The summed E-state index contributed by atoms with van der Waals surface area (Å²) < 4.78 is 39.9. The van der Waals surface area contributed by atoms with Crippen molar-refractivity contribution in [2.45, 2.75) is 25.5 Å². The van der Waals surface area contributed by atoms with Crippen LogP contribution in [-0.4, -0.2) is 33.8 Å². The molecule has 1 aromatic heterocycles. The summed E-state index contributed by atoms with van der Waals surface area (Å²) in [6.45, 7) is 0.537. The standard InChI is InChI=1S/C12H12BBrF2N2O4/c14-8-6-5-17-18(7-3-1-2-4-21-7)11(6)9(15)10(16)12(8)22-13(19)20/h5,7,19-20H,1-4H2. The fourth-order valence-electron chi connectivity index (χ4n) is 2.51. The molecule has 118 valence electrons. The van der Waals surface area contributed by atoms with E-state index in [1.165, 1.54) is 10.9 Å². The zero-order chi connectivity index (χ0) is 15.9. The van der Waals surface area contributed by atoms with Gasteiger partial charge in [0.1, 0.15) is 5.52 Å². The predicted octanol–water partition coefficient (Wildman–Crippen LogP) is 2.12. The average Bonchev–Trinajstić information content (AvgIpc) is 2.95. The fraction of sp³-hybridized carbons (Fsp3) is 0.417. The van der Waals surface area contributed by atoms with Crippen molar-refractivity contribution in [1.82, 2.24) is 9.78 Å². The lowest BCUT2D eigenvalue weighted by molar-refractivity contribution is -0.0369. The van der Waals surface area contributed by atoms with Crippen LogP contribution in [0.15, 0.2) is 10.7 Å². The Morgan fingerprint density at radius 1 is 1.36 bits per heavy atom. The Hall–Kier alpha value is -1.23. The molecule has 0 bridgehead atoms. The Bertz CT molecular complexity index is 706.